The molecule has 0 aliphatic carbocycles. The van der Waals surface area contributed by atoms with Gasteiger partial charge in [0.05, 0.1) is 28.8 Å². The Balaban J connectivity index is 2.87. The molecule has 0 aliphatic rings. The van der Waals surface area contributed by atoms with Crippen LogP contribution in [0, 0.1) is 11.3 Å². The van der Waals surface area contributed by atoms with Crippen LogP contribution in [0.2, 0.25) is 5.02 Å². The van der Waals surface area contributed by atoms with Gasteiger partial charge in [0.25, 0.3) is 0 Å². The fourth-order valence-electron chi connectivity index (χ4n) is 1.33. The van der Waals surface area contributed by atoms with Gasteiger partial charge in [-0.3, -0.25) is 0 Å². The third-order valence-electron chi connectivity index (χ3n) is 2.44. The summed E-state index contributed by atoms with van der Waals surface area (Å²) >= 11 is 5.75. The monoisotopic (exact) mass is 305 g/mol. The van der Waals surface area contributed by atoms with Crippen molar-refractivity contribution in [3.63, 3.8) is 0 Å². The third-order valence-corrected chi connectivity index (χ3v) is 2.77. The molecular weight excluding hydrogens is 295 g/mol. The highest BCUT2D eigenvalue weighted by Crippen LogP contribution is 2.33. The molecule has 0 saturated carbocycles. The smallest absolute Gasteiger partial charge is 0.327 e. The number of carbonyl (C=O) groups excluding carboxylic acids is 1. The Morgan fingerprint density at radius 2 is 2.15 bits per heavy atom. The van der Waals surface area contributed by atoms with Crippen molar-refractivity contribution in [3.05, 3.63) is 28.8 Å². The molecule has 0 spiro atoms. The number of nitrogens with one attached hydrogen (secondary N) is 1. The molecule has 0 saturated heterocycles. The summed E-state index contributed by atoms with van der Waals surface area (Å²) in [7, 11) is 1.42. The molecule has 1 aromatic rings. The van der Waals surface area contributed by atoms with Crippen molar-refractivity contribution in [2.75, 3.05) is 18.9 Å². The number of anilines is 1. The van der Waals surface area contributed by atoms with Gasteiger partial charge in [0.15, 0.2) is 0 Å². The number of urea groups is 1. The number of nitrogens with zero attached hydrogens (tertiary/aromatic N) is 2. The topological polar surface area (TPSA) is 56.1 Å². The Kier molecular flexibility index (Phi) is 5.22. The summed E-state index contributed by atoms with van der Waals surface area (Å²) in [5, 5.41) is 10.7. The number of carbonyl (C=O) groups is 1. The lowest BCUT2D eigenvalue weighted by atomic mass is 10.2. The molecule has 0 aromatic heterocycles. The molecule has 20 heavy (non-hydrogen) atoms. The second-order valence-corrected chi connectivity index (χ2v) is 4.36. The molecule has 0 aliphatic heterocycles. The molecular formula is C12H11ClF3N3O. The van der Waals surface area contributed by atoms with Crippen LogP contribution in [0.3, 0.4) is 0 Å². The Bertz CT molecular complexity index is 540. The van der Waals surface area contributed by atoms with E-state index in [1.807, 2.05) is 6.07 Å². The Morgan fingerprint density at radius 3 is 2.70 bits per heavy atom. The first kappa shape index (κ1) is 16.1. The van der Waals surface area contributed by atoms with E-state index in [1.165, 1.54) is 11.9 Å². The molecule has 0 radical (unpaired) electrons. The SMILES string of the molecule is CN(CCC#N)C(=O)Nc1cc(C(F)(F)F)ccc1Cl. The van der Waals surface area contributed by atoms with Crippen LogP contribution >= 0.6 is 11.6 Å². The highest BCUT2D eigenvalue weighted by atomic mass is 35.5. The predicted molar refractivity (Wildman–Crippen MR) is 68.3 cm³/mol. The number of hydrogen-bond donors (Lipinski definition) is 1. The summed E-state index contributed by atoms with van der Waals surface area (Å²) in [5.74, 6) is 0. The van der Waals surface area contributed by atoms with Crippen LogP contribution in [0.25, 0.3) is 0 Å². The third kappa shape index (κ3) is 4.31. The van der Waals surface area contributed by atoms with Crippen molar-refractivity contribution in [2.45, 2.75) is 12.6 Å². The number of benzene rings is 1. The van der Waals surface area contributed by atoms with Gasteiger partial charge in [-0.15, -0.1) is 0 Å². The van der Waals surface area contributed by atoms with Crippen LogP contribution in [-0.4, -0.2) is 24.5 Å². The van der Waals surface area contributed by atoms with E-state index in [-0.39, 0.29) is 23.7 Å². The Labute approximate surface area is 118 Å². The summed E-state index contributed by atoms with van der Waals surface area (Å²) in [5.41, 5.74) is -1.04. The summed E-state index contributed by atoms with van der Waals surface area (Å²) < 4.78 is 37.7. The normalized spacial score (nSPS) is 10.8. The molecule has 0 atom stereocenters. The zero-order chi connectivity index (χ0) is 15.3. The maximum absolute atomic E-state index is 12.6. The molecule has 2 amide bonds. The highest BCUT2D eigenvalue weighted by molar-refractivity contribution is 6.33. The maximum Gasteiger partial charge on any atom is 0.416 e. The molecule has 8 heteroatoms. The zero-order valence-electron chi connectivity index (χ0n) is 10.5. The molecule has 1 aromatic carbocycles. The lowest BCUT2D eigenvalue weighted by molar-refractivity contribution is -0.137. The predicted octanol–water partition coefficient (Wildman–Crippen LogP) is 3.74. The first-order valence-corrected chi connectivity index (χ1v) is 5.89. The molecule has 0 unspecified atom stereocenters. The van der Waals surface area contributed by atoms with Gasteiger partial charge in [0.1, 0.15) is 0 Å². The van der Waals surface area contributed by atoms with Crippen molar-refractivity contribution in [1.29, 1.82) is 5.26 Å². The highest BCUT2D eigenvalue weighted by Gasteiger charge is 2.31. The number of rotatable bonds is 3. The van der Waals surface area contributed by atoms with E-state index >= 15 is 0 Å². The average molecular weight is 306 g/mol. The zero-order valence-corrected chi connectivity index (χ0v) is 11.2. The summed E-state index contributed by atoms with van der Waals surface area (Å²) in [4.78, 5) is 12.9. The van der Waals surface area contributed by atoms with Crippen LogP contribution < -0.4 is 5.32 Å². The van der Waals surface area contributed by atoms with Crippen LogP contribution in [0.1, 0.15) is 12.0 Å². The number of nitriles is 1. The van der Waals surface area contributed by atoms with Gasteiger partial charge in [-0.2, -0.15) is 18.4 Å². The molecule has 1 rings (SSSR count). The van der Waals surface area contributed by atoms with Crippen LogP contribution in [0.5, 0.6) is 0 Å². The minimum absolute atomic E-state index is 0.0000307. The number of amides is 2. The molecule has 0 bridgehead atoms. The van der Waals surface area contributed by atoms with E-state index in [4.69, 9.17) is 16.9 Å². The minimum atomic E-state index is -4.52. The number of hydrogen-bond acceptors (Lipinski definition) is 2. The fraction of sp³-hybridized carbons (Fsp3) is 0.333. The largest absolute Gasteiger partial charge is 0.416 e. The average Bonchev–Trinajstić information content (AvgIpc) is 2.37. The lowest BCUT2D eigenvalue weighted by Crippen LogP contribution is -2.32. The summed E-state index contributed by atoms with van der Waals surface area (Å²) in [6.45, 7) is 0.166. The van der Waals surface area contributed by atoms with Crippen molar-refractivity contribution in [1.82, 2.24) is 4.90 Å². The van der Waals surface area contributed by atoms with Crippen LogP contribution in [0.15, 0.2) is 18.2 Å². The second kappa shape index (κ2) is 6.48. The van der Waals surface area contributed by atoms with Crippen molar-refractivity contribution >= 4 is 23.3 Å². The Morgan fingerprint density at radius 1 is 1.50 bits per heavy atom. The van der Waals surface area contributed by atoms with Gasteiger partial charge >= 0.3 is 12.2 Å². The molecule has 4 nitrogen and oxygen atoms in total. The maximum atomic E-state index is 12.6. The molecule has 108 valence electrons. The van der Waals surface area contributed by atoms with E-state index in [2.05, 4.69) is 5.32 Å². The summed E-state index contributed by atoms with van der Waals surface area (Å²) in [6.07, 6.45) is -4.39. The molecule has 0 heterocycles. The van der Waals surface area contributed by atoms with Gasteiger partial charge in [-0.05, 0) is 18.2 Å². The Hall–Kier alpha value is -1.94. The van der Waals surface area contributed by atoms with Crippen LogP contribution in [-0.2, 0) is 6.18 Å². The van der Waals surface area contributed by atoms with E-state index < -0.39 is 17.8 Å². The lowest BCUT2D eigenvalue weighted by Gasteiger charge is -2.17. The van der Waals surface area contributed by atoms with Gasteiger partial charge in [0, 0.05) is 13.6 Å². The van der Waals surface area contributed by atoms with E-state index in [1.54, 1.807) is 0 Å². The van der Waals surface area contributed by atoms with Crippen LogP contribution in [0.4, 0.5) is 23.7 Å². The van der Waals surface area contributed by atoms with Gasteiger partial charge in [-0.25, -0.2) is 4.79 Å². The number of halogens is 4. The molecule has 0 fully saturated rings. The van der Waals surface area contributed by atoms with Crippen molar-refractivity contribution in [3.8, 4) is 6.07 Å². The first-order valence-electron chi connectivity index (χ1n) is 5.51. The fourth-order valence-corrected chi connectivity index (χ4v) is 1.49. The minimum Gasteiger partial charge on any atom is -0.327 e. The molecule has 1 N–H and O–H groups in total. The first-order chi connectivity index (χ1) is 9.25. The van der Waals surface area contributed by atoms with E-state index in [0.717, 1.165) is 18.2 Å². The van der Waals surface area contributed by atoms with E-state index in [0.29, 0.717) is 0 Å². The van der Waals surface area contributed by atoms with Crippen molar-refractivity contribution in [2.24, 2.45) is 0 Å². The second-order valence-electron chi connectivity index (χ2n) is 3.95. The van der Waals surface area contributed by atoms with Gasteiger partial charge in [0.2, 0.25) is 0 Å². The van der Waals surface area contributed by atoms with Crippen molar-refractivity contribution < 1.29 is 18.0 Å². The van der Waals surface area contributed by atoms with E-state index in [9.17, 15) is 18.0 Å². The number of alkyl halides is 3. The van der Waals surface area contributed by atoms with Gasteiger partial charge < -0.3 is 10.2 Å². The van der Waals surface area contributed by atoms with Gasteiger partial charge in [-0.1, -0.05) is 11.6 Å². The standard InChI is InChI=1S/C12H11ClF3N3O/c1-19(6-2-5-17)11(20)18-10-7-8(12(14,15)16)3-4-9(10)13/h3-4,7H,2,6H2,1H3,(H,18,20). The summed E-state index contributed by atoms with van der Waals surface area (Å²) in [6, 6.07) is 3.88. The quantitative estimate of drug-likeness (QED) is 0.925.